The average Bonchev–Trinajstić information content (AvgIpc) is 2.73. The molecule has 1 aliphatic rings. The number of aliphatic imine (C=N–C) groups is 1. The van der Waals surface area contributed by atoms with Gasteiger partial charge in [-0.05, 0) is 62.5 Å². The van der Waals surface area contributed by atoms with Crippen LogP contribution >= 0.6 is 0 Å². The summed E-state index contributed by atoms with van der Waals surface area (Å²) in [7, 11) is 3.91. The van der Waals surface area contributed by atoms with Crippen LogP contribution in [-0.2, 0) is 12.6 Å². The van der Waals surface area contributed by atoms with Crippen molar-refractivity contribution in [3.63, 3.8) is 0 Å². The lowest BCUT2D eigenvalue weighted by Crippen LogP contribution is -2.45. The maximum atomic E-state index is 12.6. The van der Waals surface area contributed by atoms with Gasteiger partial charge in [0.15, 0.2) is 0 Å². The average molecular weight is 415 g/mol. The van der Waals surface area contributed by atoms with E-state index < -0.39 is 17.6 Å². The molecule has 3 rings (SSSR count). The number of halogens is 3. The second-order valence-corrected chi connectivity index (χ2v) is 7.11. The molecule has 5 nitrogen and oxygen atoms in total. The van der Waals surface area contributed by atoms with Crippen LogP contribution in [0.3, 0.4) is 0 Å². The predicted molar refractivity (Wildman–Crippen MR) is 110 cm³/mol. The van der Waals surface area contributed by atoms with Gasteiger partial charge in [0, 0.05) is 29.9 Å². The van der Waals surface area contributed by atoms with Crippen LogP contribution in [-0.4, -0.2) is 36.9 Å². The first-order chi connectivity index (χ1) is 14.2. The van der Waals surface area contributed by atoms with Gasteiger partial charge in [0.05, 0.1) is 5.56 Å². The zero-order valence-corrected chi connectivity index (χ0v) is 16.6. The molecule has 1 aliphatic heterocycles. The monoisotopic (exact) mass is 415 g/mol. The Bertz CT molecular complexity index is 932. The Balaban J connectivity index is 1.54. The van der Waals surface area contributed by atoms with Crippen molar-refractivity contribution in [2.24, 2.45) is 4.99 Å². The first-order valence-corrected chi connectivity index (χ1v) is 9.37. The highest BCUT2D eigenvalue weighted by molar-refractivity contribution is 6.04. The number of carbonyl (C=O) groups is 1. The number of likely N-dealkylation sites (N-methyl/N-ethyl adjacent to an activating group) is 1. The number of nitrogens with one attached hydrogen (secondary N) is 2. The fourth-order valence-corrected chi connectivity index (χ4v) is 2.87. The maximum absolute atomic E-state index is 12.6. The molecule has 0 aromatic heterocycles. The Morgan fingerprint density at radius 1 is 1.10 bits per heavy atom. The Kier molecular flexibility index (Phi) is 6.56. The molecular weight excluding hydrogens is 393 g/mol. The Labute approximate surface area is 173 Å². The summed E-state index contributed by atoms with van der Waals surface area (Å²) >= 11 is 0. The van der Waals surface area contributed by atoms with Crippen LogP contribution < -0.4 is 10.6 Å². The topological polar surface area (TPSA) is 56.7 Å². The van der Waals surface area contributed by atoms with Crippen molar-refractivity contribution >= 4 is 17.4 Å². The number of hydrogen-bond donors (Lipinski definition) is 2. The highest BCUT2D eigenvalue weighted by Crippen LogP contribution is 2.29. The van der Waals surface area contributed by atoms with E-state index in [1.807, 2.05) is 31.1 Å². The van der Waals surface area contributed by atoms with E-state index >= 15 is 0 Å². The van der Waals surface area contributed by atoms with Crippen molar-refractivity contribution in [1.82, 2.24) is 10.2 Å². The van der Waals surface area contributed by atoms with E-state index in [2.05, 4.69) is 21.7 Å². The summed E-state index contributed by atoms with van der Waals surface area (Å²) in [6, 6.07) is 11.5. The molecule has 1 atom stereocenters. The number of anilines is 1. The second kappa shape index (κ2) is 9.13. The first kappa shape index (κ1) is 21.6. The van der Waals surface area contributed by atoms with Crippen molar-refractivity contribution in [1.29, 1.82) is 0 Å². The predicted octanol–water partition coefficient (Wildman–Crippen LogP) is 4.10. The number of aryl methyl sites for hydroxylation is 1. The molecule has 1 heterocycles. The van der Waals surface area contributed by atoms with Crippen molar-refractivity contribution in [2.45, 2.75) is 25.2 Å². The molecule has 2 N–H and O–H groups in total. The summed E-state index contributed by atoms with van der Waals surface area (Å²) in [5, 5.41) is 5.99. The summed E-state index contributed by atoms with van der Waals surface area (Å²) in [6.07, 6.45) is 1.86. The fourth-order valence-electron chi connectivity index (χ4n) is 2.87. The number of carbonyl (C=O) groups excluding carboxylic acids is 1. The Morgan fingerprint density at radius 2 is 1.77 bits per heavy atom. The van der Waals surface area contributed by atoms with E-state index in [1.54, 1.807) is 18.3 Å². The molecule has 0 saturated heterocycles. The number of rotatable bonds is 6. The van der Waals surface area contributed by atoms with Gasteiger partial charge in [0.2, 0.25) is 0 Å². The zero-order valence-electron chi connectivity index (χ0n) is 16.6. The minimum atomic E-state index is -4.43. The molecule has 2 aromatic carbocycles. The largest absolute Gasteiger partial charge is 0.416 e. The van der Waals surface area contributed by atoms with Crippen LogP contribution in [0.5, 0.6) is 0 Å². The number of nitrogens with zero attached hydrogens (tertiary/aromatic N) is 2. The van der Waals surface area contributed by atoms with Gasteiger partial charge in [-0.25, -0.2) is 4.99 Å². The second-order valence-electron chi connectivity index (χ2n) is 7.11. The number of alkyl halides is 3. The van der Waals surface area contributed by atoms with E-state index in [4.69, 9.17) is 0 Å². The normalized spacial score (nSPS) is 16.2. The molecular formula is C22H22F3N4O. The summed E-state index contributed by atoms with van der Waals surface area (Å²) in [6.45, 7) is 0. The molecule has 2 aromatic rings. The van der Waals surface area contributed by atoms with E-state index in [0.29, 0.717) is 5.69 Å². The molecule has 30 heavy (non-hydrogen) atoms. The first-order valence-electron chi connectivity index (χ1n) is 9.37. The molecule has 1 amide bonds. The summed E-state index contributed by atoms with van der Waals surface area (Å²) < 4.78 is 37.9. The van der Waals surface area contributed by atoms with Crippen molar-refractivity contribution in [2.75, 3.05) is 19.4 Å². The molecule has 0 saturated carbocycles. The van der Waals surface area contributed by atoms with Gasteiger partial charge in [0.1, 0.15) is 12.0 Å². The lowest BCUT2D eigenvalue weighted by molar-refractivity contribution is -0.137. The zero-order chi connectivity index (χ0) is 21.7. The van der Waals surface area contributed by atoms with Gasteiger partial charge in [-0.2, -0.15) is 13.2 Å². The van der Waals surface area contributed by atoms with Crippen molar-refractivity contribution < 1.29 is 18.0 Å². The molecule has 0 fully saturated rings. The summed E-state index contributed by atoms with van der Waals surface area (Å²) in [5.74, 6) is 0.419. The number of amides is 1. The number of benzene rings is 2. The summed E-state index contributed by atoms with van der Waals surface area (Å²) in [5.41, 5.74) is 1.02. The lowest BCUT2D eigenvalue weighted by Gasteiger charge is -2.25. The third-order valence-corrected chi connectivity index (χ3v) is 4.61. The van der Waals surface area contributed by atoms with Crippen LogP contribution in [0.15, 0.2) is 59.7 Å². The Morgan fingerprint density at radius 3 is 2.37 bits per heavy atom. The molecule has 1 unspecified atom stereocenters. The molecule has 0 aliphatic carbocycles. The van der Waals surface area contributed by atoms with Gasteiger partial charge in [-0.3, -0.25) is 9.69 Å². The van der Waals surface area contributed by atoms with Crippen molar-refractivity contribution in [3.05, 3.63) is 77.5 Å². The number of hydrogen-bond acceptors (Lipinski definition) is 4. The molecule has 0 spiro atoms. The molecule has 8 heteroatoms. The van der Waals surface area contributed by atoms with Gasteiger partial charge >= 0.3 is 6.18 Å². The van der Waals surface area contributed by atoms with Crippen LogP contribution in [0.1, 0.15) is 27.9 Å². The maximum Gasteiger partial charge on any atom is 0.416 e. The van der Waals surface area contributed by atoms with E-state index in [-0.39, 0.29) is 11.7 Å². The highest BCUT2D eigenvalue weighted by Gasteiger charge is 2.30. The van der Waals surface area contributed by atoms with Gasteiger partial charge in [-0.1, -0.05) is 12.1 Å². The van der Waals surface area contributed by atoms with Gasteiger partial charge < -0.3 is 10.6 Å². The van der Waals surface area contributed by atoms with Gasteiger partial charge in [-0.15, -0.1) is 0 Å². The standard InChI is InChI=1S/C22H22F3N4O/c1-29(2)20-13-14-26-19(28-20)12-5-15-3-10-18(11-4-15)27-21(30)16-6-8-17(9-7-16)22(23,24)25/h3-4,6-11,14,20H,5,12H2,1-2H3,(H,26,28)(H,27,30). The van der Waals surface area contributed by atoms with E-state index in [0.717, 1.165) is 48.5 Å². The smallest absolute Gasteiger partial charge is 0.354 e. The number of amidine groups is 1. The Hall–Kier alpha value is -3.13. The molecule has 0 bridgehead atoms. The van der Waals surface area contributed by atoms with Crippen LogP contribution in [0.2, 0.25) is 0 Å². The van der Waals surface area contributed by atoms with Crippen LogP contribution in [0.4, 0.5) is 18.9 Å². The molecule has 1 radical (unpaired) electrons. The lowest BCUT2D eigenvalue weighted by atomic mass is 10.1. The van der Waals surface area contributed by atoms with Crippen LogP contribution in [0.25, 0.3) is 0 Å². The van der Waals surface area contributed by atoms with Crippen LogP contribution in [0, 0.1) is 6.08 Å². The van der Waals surface area contributed by atoms with Gasteiger partial charge in [0.25, 0.3) is 5.91 Å². The SMILES string of the molecule is CN(C)C1[C]=CN=C(CCc2ccc(NC(=O)c3ccc(C(F)(F)F)cc3)cc2)N1. The fraction of sp³-hybridized carbons (Fsp3) is 0.273. The minimum Gasteiger partial charge on any atom is -0.354 e. The summed E-state index contributed by atoms with van der Waals surface area (Å²) in [4.78, 5) is 18.6. The van der Waals surface area contributed by atoms with E-state index in [9.17, 15) is 18.0 Å². The third-order valence-electron chi connectivity index (χ3n) is 4.61. The third kappa shape index (κ3) is 5.70. The quantitative estimate of drug-likeness (QED) is 0.747. The van der Waals surface area contributed by atoms with Crippen molar-refractivity contribution in [3.8, 4) is 0 Å². The minimum absolute atomic E-state index is 0.000265. The van der Waals surface area contributed by atoms with E-state index in [1.165, 1.54) is 0 Å². The molecule has 157 valence electrons. The highest BCUT2D eigenvalue weighted by atomic mass is 19.4.